The van der Waals surface area contributed by atoms with E-state index in [2.05, 4.69) is 45.4 Å². The molecule has 104 valence electrons. The van der Waals surface area contributed by atoms with Crippen LogP contribution in [0.15, 0.2) is 47.1 Å². The predicted octanol–water partition coefficient (Wildman–Crippen LogP) is 3.92. The van der Waals surface area contributed by atoms with E-state index in [-0.39, 0.29) is 5.91 Å². The van der Waals surface area contributed by atoms with Gasteiger partial charge in [0.2, 0.25) is 0 Å². The smallest absolute Gasteiger partial charge is 0.256 e. The number of nitrogens with one attached hydrogen (secondary N) is 2. The summed E-state index contributed by atoms with van der Waals surface area (Å²) >= 11 is 3.34. The van der Waals surface area contributed by atoms with E-state index in [4.69, 9.17) is 0 Å². The molecule has 0 aliphatic carbocycles. The largest absolute Gasteiger partial charge is 0.382 e. The topological polar surface area (TPSA) is 54.0 Å². The van der Waals surface area contributed by atoms with Crippen LogP contribution in [0.1, 0.15) is 24.2 Å². The van der Waals surface area contributed by atoms with Crippen molar-refractivity contribution in [3.8, 4) is 0 Å². The average Bonchev–Trinajstić information content (AvgIpc) is 2.40. The average molecular weight is 334 g/mol. The van der Waals surface area contributed by atoms with Gasteiger partial charge >= 0.3 is 0 Å². The molecule has 0 saturated heterocycles. The molecule has 1 aromatic carbocycles. The van der Waals surface area contributed by atoms with Crippen LogP contribution in [0, 0.1) is 0 Å². The molecule has 5 heteroatoms. The normalized spacial score (nSPS) is 10.4. The Balaban J connectivity index is 2.04. The number of halogens is 1. The van der Waals surface area contributed by atoms with Crippen LogP contribution < -0.4 is 10.6 Å². The number of hydrogen-bond donors (Lipinski definition) is 2. The third kappa shape index (κ3) is 4.06. The molecule has 1 amide bonds. The first-order valence-corrected chi connectivity index (χ1v) is 7.13. The van der Waals surface area contributed by atoms with E-state index in [0.29, 0.717) is 17.4 Å². The van der Waals surface area contributed by atoms with Crippen molar-refractivity contribution in [3.63, 3.8) is 0 Å². The molecule has 1 aromatic heterocycles. The van der Waals surface area contributed by atoms with E-state index in [1.54, 1.807) is 24.4 Å². The van der Waals surface area contributed by atoms with Gasteiger partial charge in [0.25, 0.3) is 5.91 Å². The van der Waals surface area contributed by atoms with Crippen LogP contribution in [-0.4, -0.2) is 16.9 Å². The molecule has 1 heterocycles. The highest BCUT2D eigenvalue weighted by Crippen LogP contribution is 2.14. The molecule has 2 rings (SSSR count). The van der Waals surface area contributed by atoms with Gasteiger partial charge in [-0.25, -0.2) is 4.98 Å². The van der Waals surface area contributed by atoms with Crippen molar-refractivity contribution >= 4 is 33.3 Å². The highest BCUT2D eigenvalue weighted by molar-refractivity contribution is 9.10. The second kappa shape index (κ2) is 6.52. The summed E-state index contributed by atoms with van der Waals surface area (Å²) in [6.07, 6.45) is 1.70. The van der Waals surface area contributed by atoms with Gasteiger partial charge in [-0.2, -0.15) is 0 Å². The monoisotopic (exact) mass is 333 g/mol. The van der Waals surface area contributed by atoms with Crippen molar-refractivity contribution in [2.75, 3.05) is 10.6 Å². The third-order valence-electron chi connectivity index (χ3n) is 2.55. The summed E-state index contributed by atoms with van der Waals surface area (Å²) in [6.45, 7) is 4.12. The van der Waals surface area contributed by atoms with Crippen LogP contribution in [0.4, 0.5) is 11.5 Å². The van der Waals surface area contributed by atoms with Crippen LogP contribution in [0.5, 0.6) is 0 Å². The zero-order valence-corrected chi connectivity index (χ0v) is 12.9. The SMILES string of the molecule is CC(C)Nc1ccc(NC(=O)c2cccc(Br)c2)nc1. The number of anilines is 2. The molecular formula is C15H16BrN3O. The summed E-state index contributed by atoms with van der Waals surface area (Å²) in [6, 6.07) is 11.2. The Labute approximate surface area is 126 Å². The molecule has 0 unspecified atom stereocenters. The molecule has 4 nitrogen and oxygen atoms in total. The fourth-order valence-electron chi connectivity index (χ4n) is 1.70. The fraction of sp³-hybridized carbons (Fsp3) is 0.200. The second-order valence-corrected chi connectivity index (χ2v) is 5.61. The molecule has 0 fully saturated rings. The molecule has 2 aromatic rings. The Hall–Kier alpha value is -1.88. The first kappa shape index (κ1) is 14.5. The van der Waals surface area contributed by atoms with Gasteiger partial charge in [0.1, 0.15) is 5.82 Å². The van der Waals surface area contributed by atoms with Crippen LogP contribution in [0.2, 0.25) is 0 Å². The minimum atomic E-state index is -0.177. The lowest BCUT2D eigenvalue weighted by atomic mass is 10.2. The zero-order valence-electron chi connectivity index (χ0n) is 11.4. The lowest BCUT2D eigenvalue weighted by Crippen LogP contribution is -2.13. The van der Waals surface area contributed by atoms with E-state index in [1.807, 2.05) is 18.2 Å². The van der Waals surface area contributed by atoms with Gasteiger partial charge in [-0.15, -0.1) is 0 Å². The minimum Gasteiger partial charge on any atom is -0.382 e. The Kier molecular flexibility index (Phi) is 4.74. The van der Waals surface area contributed by atoms with Gasteiger partial charge < -0.3 is 10.6 Å². The van der Waals surface area contributed by atoms with E-state index in [9.17, 15) is 4.79 Å². The van der Waals surface area contributed by atoms with Gasteiger partial charge in [0, 0.05) is 16.1 Å². The third-order valence-corrected chi connectivity index (χ3v) is 3.04. The van der Waals surface area contributed by atoms with E-state index in [1.165, 1.54) is 0 Å². The molecule has 20 heavy (non-hydrogen) atoms. The van der Waals surface area contributed by atoms with Crippen molar-refractivity contribution in [3.05, 3.63) is 52.6 Å². The second-order valence-electron chi connectivity index (χ2n) is 4.70. The number of carbonyl (C=O) groups is 1. The van der Waals surface area contributed by atoms with Gasteiger partial charge in [0.15, 0.2) is 0 Å². The molecule has 0 radical (unpaired) electrons. The first-order chi connectivity index (χ1) is 9.54. The maximum atomic E-state index is 12.0. The van der Waals surface area contributed by atoms with Crippen LogP contribution in [0.25, 0.3) is 0 Å². The standard InChI is InChI=1S/C15H16BrN3O/c1-10(2)18-13-6-7-14(17-9-13)19-15(20)11-4-3-5-12(16)8-11/h3-10,18H,1-2H3,(H,17,19,20). The van der Waals surface area contributed by atoms with Crippen LogP contribution >= 0.6 is 15.9 Å². The first-order valence-electron chi connectivity index (χ1n) is 6.34. The highest BCUT2D eigenvalue weighted by Gasteiger charge is 2.07. The lowest BCUT2D eigenvalue weighted by molar-refractivity contribution is 0.102. The van der Waals surface area contributed by atoms with E-state index < -0.39 is 0 Å². The molecule has 0 spiro atoms. The molecular weight excluding hydrogens is 318 g/mol. The predicted molar refractivity (Wildman–Crippen MR) is 85.1 cm³/mol. The van der Waals surface area contributed by atoms with E-state index >= 15 is 0 Å². The Morgan fingerprint density at radius 3 is 2.65 bits per heavy atom. The lowest BCUT2D eigenvalue weighted by Gasteiger charge is -2.10. The van der Waals surface area contributed by atoms with Gasteiger partial charge in [-0.3, -0.25) is 4.79 Å². The number of rotatable bonds is 4. The maximum absolute atomic E-state index is 12.0. The van der Waals surface area contributed by atoms with Crippen LogP contribution in [0.3, 0.4) is 0 Å². The van der Waals surface area contributed by atoms with Crippen molar-refractivity contribution in [2.45, 2.75) is 19.9 Å². The van der Waals surface area contributed by atoms with Crippen molar-refractivity contribution in [2.24, 2.45) is 0 Å². The summed E-state index contributed by atoms with van der Waals surface area (Å²) in [5, 5.41) is 6.01. The van der Waals surface area contributed by atoms with Gasteiger partial charge in [-0.05, 0) is 44.2 Å². The number of pyridine rings is 1. The summed E-state index contributed by atoms with van der Waals surface area (Å²) in [5.74, 6) is 0.354. The Morgan fingerprint density at radius 2 is 2.05 bits per heavy atom. The Morgan fingerprint density at radius 1 is 1.25 bits per heavy atom. The molecule has 2 N–H and O–H groups in total. The van der Waals surface area contributed by atoms with E-state index in [0.717, 1.165) is 10.2 Å². The highest BCUT2D eigenvalue weighted by atomic mass is 79.9. The number of amides is 1. The Bertz CT molecular complexity index is 596. The van der Waals surface area contributed by atoms with Gasteiger partial charge in [-0.1, -0.05) is 22.0 Å². The molecule has 0 saturated carbocycles. The number of aromatic nitrogens is 1. The van der Waals surface area contributed by atoms with Crippen molar-refractivity contribution in [1.82, 2.24) is 4.98 Å². The number of hydrogen-bond acceptors (Lipinski definition) is 3. The summed E-state index contributed by atoms with van der Waals surface area (Å²) in [4.78, 5) is 16.3. The number of benzene rings is 1. The summed E-state index contributed by atoms with van der Waals surface area (Å²) < 4.78 is 0.870. The fourth-order valence-corrected chi connectivity index (χ4v) is 2.10. The van der Waals surface area contributed by atoms with Crippen LogP contribution in [-0.2, 0) is 0 Å². The quantitative estimate of drug-likeness (QED) is 0.891. The number of carbonyl (C=O) groups excluding carboxylic acids is 1. The number of nitrogens with zero attached hydrogens (tertiary/aromatic N) is 1. The van der Waals surface area contributed by atoms with Crippen molar-refractivity contribution in [1.29, 1.82) is 0 Å². The van der Waals surface area contributed by atoms with Crippen molar-refractivity contribution < 1.29 is 4.79 Å². The maximum Gasteiger partial charge on any atom is 0.256 e. The summed E-state index contributed by atoms with van der Waals surface area (Å²) in [7, 11) is 0. The molecule has 0 aliphatic heterocycles. The minimum absolute atomic E-state index is 0.177. The zero-order chi connectivity index (χ0) is 14.5. The molecule has 0 aliphatic rings. The molecule has 0 atom stereocenters. The van der Waals surface area contributed by atoms with Gasteiger partial charge in [0.05, 0.1) is 11.9 Å². The summed E-state index contributed by atoms with van der Waals surface area (Å²) in [5.41, 5.74) is 1.52. The molecule has 0 bridgehead atoms.